The van der Waals surface area contributed by atoms with Gasteiger partial charge in [-0.3, -0.25) is 0 Å². The Bertz CT molecular complexity index is 3890. The lowest BCUT2D eigenvalue weighted by Gasteiger charge is -2.33. The summed E-state index contributed by atoms with van der Waals surface area (Å²) in [7, 11) is 0. The lowest BCUT2D eigenvalue weighted by Crippen LogP contribution is -2.26. The van der Waals surface area contributed by atoms with Gasteiger partial charge in [0.2, 0.25) is 0 Å². The van der Waals surface area contributed by atoms with Crippen molar-refractivity contribution >= 4 is 48.6 Å². The number of thiophene rings is 1. The average molecular weight is 894 g/mol. The Morgan fingerprint density at radius 2 is 0.754 bits per heavy atom. The topological polar surface area (TPSA) is 3.24 Å². The molecule has 2 heteroatoms. The number of rotatable bonds is 7. The van der Waals surface area contributed by atoms with Crippen LogP contribution in [0.4, 0.5) is 17.1 Å². The largest absolute Gasteiger partial charge is 0.310 e. The van der Waals surface area contributed by atoms with Crippen LogP contribution in [0.1, 0.15) is 22.3 Å². The second kappa shape index (κ2) is 15.8. The van der Waals surface area contributed by atoms with Crippen LogP contribution in [0.25, 0.3) is 86.9 Å². The van der Waals surface area contributed by atoms with E-state index in [9.17, 15) is 0 Å². The molecule has 2 aliphatic rings. The van der Waals surface area contributed by atoms with E-state index in [4.69, 9.17) is 0 Å². The minimum atomic E-state index is -0.484. The van der Waals surface area contributed by atoms with Crippen molar-refractivity contribution in [1.29, 1.82) is 0 Å². The summed E-state index contributed by atoms with van der Waals surface area (Å²) >= 11 is 1.88. The van der Waals surface area contributed by atoms with Crippen molar-refractivity contribution in [3.63, 3.8) is 0 Å². The summed E-state index contributed by atoms with van der Waals surface area (Å²) in [6, 6.07) is 96.9. The fraction of sp³-hybridized carbons (Fsp3) is 0.0149. The molecule has 0 atom stereocenters. The minimum Gasteiger partial charge on any atom is -0.310 e. The van der Waals surface area contributed by atoms with Gasteiger partial charge in [0.1, 0.15) is 0 Å². The van der Waals surface area contributed by atoms with E-state index in [2.05, 4.69) is 266 Å². The van der Waals surface area contributed by atoms with Gasteiger partial charge in [0.15, 0.2) is 0 Å². The molecule has 0 aliphatic heterocycles. The zero-order valence-electron chi connectivity index (χ0n) is 37.7. The molecular formula is C67H43NS. The summed E-state index contributed by atoms with van der Waals surface area (Å²) in [5, 5.41) is 2.62. The molecule has 69 heavy (non-hydrogen) atoms. The van der Waals surface area contributed by atoms with Gasteiger partial charge in [0.25, 0.3) is 0 Å². The molecule has 1 nitrogen and oxygen atoms in total. The van der Waals surface area contributed by atoms with Gasteiger partial charge in [-0.25, -0.2) is 0 Å². The molecule has 0 N–H and O–H groups in total. The van der Waals surface area contributed by atoms with Crippen molar-refractivity contribution < 1.29 is 0 Å². The van der Waals surface area contributed by atoms with Crippen LogP contribution >= 0.6 is 11.3 Å². The van der Waals surface area contributed by atoms with Gasteiger partial charge in [-0.2, -0.15) is 0 Å². The molecule has 0 fully saturated rings. The molecule has 322 valence electrons. The summed E-state index contributed by atoms with van der Waals surface area (Å²) in [6.45, 7) is 0. The first-order valence-corrected chi connectivity index (χ1v) is 24.7. The Kier molecular flexibility index (Phi) is 9.05. The second-order valence-corrected chi connectivity index (χ2v) is 19.3. The maximum Gasteiger partial charge on any atom is 0.0726 e. The van der Waals surface area contributed by atoms with Crippen LogP contribution in [0.15, 0.2) is 261 Å². The van der Waals surface area contributed by atoms with Gasteiger partial charge in [-0.05, 0) is 120 Å². The second-order valence-electron chi connectivity index (χ2n) is 18.3. The fourth-order valence-corrected chi connectivity index (χ4v) is 13.1. The summed E-state index contributed by atoms with van der Waals surface area (Å²) in [4.78, 5) is 2.52. The molecule has 0 saturated carbocycles. The van der Waals surface area contributed by atoms with E-state index in [1.807, 2.05) is 11.3 Å². The van der Waals surface area contributed by atoms with E-state index >= 15 is 0 Å². The molecule has 0 amide bonds. The maximum atomic E-state index is 2.52. The first kappa shape index (κ1) is 39.6. The molecule has 1 aromatic heterocycles. The van der Waals surface area contributed by atoms with Crippen molar-refractivity contribution in [3.8, 4) is 66.8 Å². The Morgan fingerprint density at radius 1 is 0.290 bits per heavy atom. The van der Waals surface area contributed by atoms with E-state index in [1.54, 1.807) is 0 Å². The van der Waals surface area contributed by atoms with E-state index in [1.165, 1.54) is 109 Å². The Hall–Kier alpha value is -8.56. The summed E-state index contributed by atoms with van der Waals surface area (Å²) in [6.07, 6.45) is 0. The van der Waals surface area contributed by atoms with Crippen LogP contribution in [0, 0.1) is 0 Å². The highest BCUT2D eigenvalue weighted by atomic mass is 32.1. The predicted molar refractivity (Wildman–Crippen MR) is 292 cm³/mol. The van der Waals surface area contributed by atoms with Crippen LogP contribution in [-0.2, 0) is 5.41 Å². The third-order valence-corrected chi connectivity index (χ3v) is 15.9. The van der Waals surface area contributed by atoms with Gasteiger partial charge in [-0.15, -0.1) is 11.3 Å². The Labute approximate surface area is 406 Å². The molecule has 0 saturated heterocycles. The van der Waals surface area contributed by atoms with Gasteiger partial charge in [0, 0.05) is 37.1 Å². The van der Waals surface area contributed by atoms with E-state index in [0.717, 1.165) is 17.1 Å². The molecule has 11 aromatic carbocycles. The molecule has 0 unspecified atom stereocenters. The van der Waals surface area contributed by atoms with E-state index in [0.29, 0.717) is 0 Å². The van der Waals surface area contributed by atoms with Crippen molar-refractivity contribution in [2.24, 2.45) is 0 Å². The third kappa shape index (κ3) is 5.96. The predicted octanol–water partition coefficient (Wildman–Crippen LogP) is 18.5. The molecule has 12 aromatic rings. The maximum absolute atomic E-state index is 2.52. The van der Waals surface area contributed by atoms with Crippen molar-refractivity contribution in [3.05, 3.63) is 283 Å². The van der Waals surface area contributed by atoms with Crippen LogP contribution in [0.5, 0.6) is 0 Å². The SMILES string of the molecule is c1ccc(-c2ccccc2-c2c(-c3ccccc3)cccc2N(c2ccc(-c3cccc4c3sc3ccccc34)cc2)c2ccc3c(c2)C2(c4ccccc4-c4ccccc42)c2ccccc2-3)cc1. The van der Waals surface area contributed by atoms with Crippen LogP contribution < -0.4 is 4.90 Å². The zero-order chi connectivity index (χ0) is 45.5. The Morgan fingerprint density at radius 3 is 1.42 bits per heavy atom. The molecular weight excluding hydrogens is 851 g/mol. The summed E-state index contributed by atoms with van der Waals surface area (Å²) in [5.41, 5.74) is 22.9. The molecule has 0 bridgehead atoms. The van der Waals surface area contributed by atoms with E-state index < -0.39 is 5.41 Å². The third-order valence-electron chi connectivity index (χ3n) is 14.7. The molecule has 0 radical (unpaired) electrons. The highest BCUT2D eigenvalue weighted by Crippen LogP contribution is 2.63. The van der Waals surface area contributed by atoms with Crippen LogP contribution in [0.3, 0.4) is 0 Å². The zero-order valence-corrected chi connectivity index (χ0v) is 38.5. The highest BCUT2D eigenvalue weighted by Gasteiger charge is 2.51. The average Bonchev–Trinajstić information content (AvgIpc) is 4.06. The quantitative estimate of drug-likeness (QED) is 0.154. The summed E-state index contributed by atoms with van der Waals surface area (Å²) < 4.78 is 2.63. The fourth-order valence-electron chi connectivity index (χ4n) is 11.9. The van der Waals surface area contributed by atoms with Gasteiger partial charge < -0.3 is 4.90 Å². The van der Waals surface area contributed by atoms with Crippen molar-refractivity contribution in [2.45, 2.75) is 5.41 Å². The first-order valence-electron chi connectivity index (χ1n) is 23.8. The molecule has 14 rings (SSSR count). The molecule has 2 aliphatic carbocycles. The normalized spacial score (nSPS) is 12.8. The number of anilines is 3. The number of hydrogen-bond acceptors (Lipinski definition) is 2. The number of hydrogen-bond donors (Lipinski definition) is 0. The smallest absolute Gasteiger partial charge is 0.0726 e. The first-order chi connectivity index (χ1) is 34.3. The van der Waals surface area contributed by atoms with Crippen LogP contribution in [0.2, 0.25) is 0 Å². The number of benzene rings is 11. The van der Waals surface area contributed by atoms with Crippen molar-refractivity contribution in [2.75, 3.05) is 4.90 Å². The van der Waals surface area contributed by atoms with Crippen molar-refractivity contribution in [1.82, 2.24) is 0 Å². The molecule has 1 spiro atoms. The standard InChI is InChI=1S/C67H43NS/c1-3-19-44(20-4-1)49-23-7-8-28-57(49)65-50(45-21-5-2-6-22-45)29-18-35-63(65)68(47-39-37-46(38-40-47)51-30-17-31-58-56-27-12-16-36-64(56)69-66(51)58)48-41-42-55-54-26-11-15-34-61(54)67(62(55)43-48)59-32-13-9-24-52(59)53-25-10-14-33-60(53)67/h1-43H. The molecule has 1 heterocycles. The lowest BCUT2D eigenvalue weighted by atomic mass is 9.70. The minimum absolute atomic E-state index is 0.484. The number of fused-ring (bicyclic) bond motifs is 13. The lowest BCUT2D eigenvalue weighted by molar-refractivity contribution is 0.793. The number of nitrogens with zero attached hydrogens (tertiary/aromatic N) is 1. The van der Waals surface area contributed by atoms with Gasteiger partial charge in [-0.1, -0.05) is 224 Å². The monoisotopic (exact) mass is 893 g/mol. The highest BCUT2D eigenvalue weighted by molar-refractivity contribution is 7.26. The van der Waals surface area contributed by atoms with E-state index in [-0.39, 0.29) is 0 Å². The van der Waals surface area contributed by atoms with Gasteiger partial charge in [0.05, 0.1) is 11.1 Å². The van der Waals surface area contributed by atoms with Crippen LogP contribution in [-0.4, -0.2) is 0 Å². The summed E-state index contributed by atoms with van der Waals surface area (Å²) in [5.74, 6) is 0. The van der Waals surface area contributed by atoms with Gasteiger partial charge >= 0.3 is 0 Å². The Balaban J connectivity index is 1.04.